The first-order valence-electron chi connectivity index (χ1n) is 7.21. The molecule has 0 aliphatic carbocycles. The van der Waals surface area contributed by atoms with E-state index in [2.05, 4.69) is 15.4 Å². The number of nitro groups is 1. The molecule has 1 aromatic heterocycles. The Hall–Kier alpha value is -3.27. The van der Waals surface area contributed by atoms with Crippen molar-refractivity contribution in [3.8, 4) is 0 Å². The number of hydrogen-bond acceptors (Lipinski definition) is 9. The van der Waals surface area contributed by atoms with Crippen molar-refractivity contribution in [2.75, 3.05) is 38.6 Å². The number of hydrazine groups is 1. The van der Waals surface area contributed by atoms with Gasteiger partial charge in [0.25, 0.3) is 0 Å². The molecule has 0 aliphatic rings. The van der Waals surface area contributed by atoms with Gasteiger partial charge < -0.3 is 9.64 Å². The fourth-order valence-electron chi connectivity index (χ4n) is 2.24. The molecule has 0 saturated heterocycles. The third-order valence-electron chi connectivity index (χ3n) is 3.30. The van der Waals surface area contributed by atoms with Gasteiger partial charge in [0.2, 0.25) is 11.6 Å². The zero-order valence-corrected chi connectivity index (χ0v) is 14.3. The molecule has 0 radical (unpaired) electrons. The van der Waals surface area contributed by atoms with Gasteiger partial charge in [-0.25, -0.2) is 19.8 Å². The lowest BCUT2D eigenvalue weighted by molar-refractivity contribution is -0.383. The Morgan fingerprint density at radius 1 is 1.24 bits per heavy atom. The van der Waals surface area contributed by atoms with Crippen molar-refractivity contribution >= 4 is 29.0 Å². The smallest absolute Gasteiger partial charge is 0.355 e. The minimum absolute atomic E-state index is 0.0423. The molecule has 132 valence electrons. The summed E-state index contributed by atoms with van der Waals surface area (Å²) in [5.74, 6) is -0.464. The lowest BCUT2D eigenvalue weighted by Gasteiger charge is -2.21. The highest BCUT2D eigenvalue weighted by molar-refractivity contribution is 5.97. The number of ether oxygens (including phenoxy) is 1. The molecule has 2 aromatic rings. The lowest BCUT2D eigenvalue weighted by Crippen LogP contribution is -2.23. The molecule has 1 aromatic carbocycles. The number of anilines is 3. The second-order valence-corrected chi connectivity index (χ2v) is 5.23. The van der Waals surface area contributed by atoms with Crippen LogP contribution >= 0.6 is 0 Å². The van der Waals surface area contributed by atoms with Crippen LogP contribution in [0.5, 0.6) is 0 Å². The Kier molecular flexibility index (Phi) is 5.45. The number of carbonyl (C=O) groups is 1. The molecule has 1 heterocycles. The zero-order chi connectivity index (χ0) is 18.6. The Morgan fingerprint density at radius 3 is 2.52 bits per heavy atom. The average molecular weight is 346 g/mol. The average Bonchev–Trinajstić information content (AvgIpc) is 2.59. The van der Waals surface area contributed by atoms with Gasteiger partial charge in [0, 0.05) is 21.1 Å². The van der Waals surface area contributed by atoms with Crippen molar-refractivity contribution in [3.63, 3.8) is 0 Å². The molecule has 10 nitrogen and oxygen atoms in total. The van der Waals surface area contributed by atoms with Crippen LogP contribution in [0.4, 0.5) is 23.0 Å². The highest BCUT2D eigenvalue weighted by Crippen LogP contribution is 2.36. The van der Waals surface area contributed by atoms with E-state index in [0.29, 0.717) is 5.69 Å². The van der Waals surface area contributed by atoms with Crippen molar-refractivity contribution in [1.82, 2.24) is 15.0 Å². The van der Waals surface area contributed by atoms with Crippen LogP contribution in [-0.4, -0.2) is 54.1 Å². The maximum absolute atomic E-state index is 12.0. The van der Waals surface area contributed by atoms with E-state index in [-0.39, 0.29) is 22.9 Å². The van der Waals surface area contributed by atoms with Gasteiger partial charge in [0.15, 0.2) is 0 Å². The number of aromatic nitrogens is 2. The maximum Gasteiger partial charge on any atom is 0.355 e. The van der Waals surface area contributed by atoms with Gasteiger partial charge >= 0.3 is 11.7 Å². The van der Waals surface area contributed by atoms with Gasteiger partial charge in [-0.05, 0) is 12.1 Å². The van der Waals surface area contributed by atoms with Crippen LogP contribution in [0.3, 0.4) is 0 Å². The standard InChI is InChI=1S/C15H18N6O4/c1-19(2)18-13-12(21(23)24)14(17-9-16-13)20(3)11-8-6-5-7-10(11)15(22)25-4/h5-9H,1-4H3,(H,16,17,18). The normalized spacial score (nSPS) is 10.4. The topological polar surface area (TPSA) is 114 Å². The first-order valence-corrected chi connectivity index (χ1v) is 7.21. The number of nitrogens with zero attached hydrogens (tertiary/aromatic N) is 5. The van der Waals surface area contributed by atoms with Crippen LogP contribution in [0.1, 0.15) is 10.4 Å². The molecule has 0 saturated carbocycles. The Bertz CT molecular complexity index is 795. The molecule has 0 aliphatic heterocycles. The largest absolute Gasteiger partial charge is 0.465 e. The van der Waals surface area contributed by atoms with Crippen LogP contribution in [0.25, 0.3) is 0 Å². The second kappa shape index (κ2) is 7.53. The number of benzene rings is 1. The predicted octanol–water partition coefficient (Wildman–Crippen LogP) is 1.83. The number of para-hydroxylation sites is 1. The molecular weight excluding hydrogens is 328 g/mol. The van der Waals surface area contributed by atoms with E-state index in [0.717, 1.165) is 0 Å². The molecule has 0 spiro atoms. The summed E-state index contributed by atoms with van der Waals surface area (Å²) in [6, 6.07) is 6.61. The molecule has 0 fully saturated rings. The minimum atomic E-state index is -0.571. The Morgan fingerprint density at radius 2 is 1.92 bits per heavy atom. The fraction of sp³-hybridized carbons (Fsp3) is 0.267. The first kappa shape index (κ1) is 18.1. The molecule has 25 heavy (non-hydrogen) atoms. The molecule has 0 atom stereocenters. The Balaban J connectivity index is 2.59. The predicted molar refractivity (Wildman–Crippen MR) is 91.8 cm³/mol. The van der Waals surface area contributed by atoms with Crippen molar-refractivity contribution in [2.45, 2.75) is 0 Å². The van der Waals surface area contributed by atoms with Crippen LogP contribution in [0.15, 0.2) is 30.6 Å². The molecule has 1 N–H and O–H groups in total. The van der Waals surface area contributed by atoms with Gasteiger partial charge in [-0.15, -0.1) is 0 Å². The number of rotatable bonds is 6. The lowest BCUT2D eigenvalue weighted by atomic mass is 10.1. The van der Waals surface area contributed by atoms with Gasteiger partial charge in [-0.2, -0.15) is 0 Å². The van der Waals surface area contributed by atoms with Gasteiger partial charge in [-0.3, -0.25) is 15.5 Å². The van der Waals surface area contributed by atoms with Gasteiger partial charge in [-0.1, -0.05) is 12.1 Å². The number of carbonyl (C=O) groups excluding carboxylic acids is 1. The van der Waals surface area contributed by atoms with E-state index in [4.69, 9.17) is 4.74 Å². The highest BCUT2D eigenvalue weighted by atomic mass is 16.6. The third kappa shape index (κ3) is 3.80. The molecular formula is C15H18N6O4. The Labute approximate surface area is 144 Å². The van der Waals surface area contributed by atoms with Crippen molar-refractivity contribution in [2.24, 2.45) is 0 Å². The van der Waals surface area contributed by atoms with Crippen LogP contribution in [0.2, 0.25) is 0 Å². The summed E-state index contributed by atoms with van der Waals surface area (Å²) in [6.07, 6.45) is 1.21. The molecule has 0 unspecified atom stereocenters. The SMILES string of the molecule is COC(=O)c1ccccc1N(C)c1ncnc(NN(C)C)c1[N+](=O)[O-]. The summed E-state index contributed by atoms with van der Waals surface area (Å²) in [4.78, 5) is 32.4. The second-order valence-electron chi connectivity index (χ2n) is 5.23. The van der Waals surface area contributed by atoms with E-state index in [1.54, 1.807) is 45.4 Å². The summed E-state index contributed by atoms with van der Waals surface area (Å²) >= 11 is 0. The summed E-state index contributed by atoms with van der Waals surface area (Å²) < 4.78 is 4.77. The van der Waals surface area contributed by atoms with Crippen molar-refractivity contribution in [1.29, 1.82) is 0 Å². The minimum Gasteiger partial charge on any atom is -0.465 e. The van der Waals surface area contributed by atoms with E-state index in [1.165, 1.54) is 23.3 Å². The van der Waals surface area contributed by atoms with Gasteiger partial charge in [0.1, 0.15) is 6.33 Å². The van der Waals surface area contributed by atoms with Crippen molar-refractivity contribution in [3.05, 3.63) is 46.3 Å². The monoisotopic (exact) mass is 346 g/mol. The number of esters is 1. The van der Waals surface area contributed by atoms with E-state index in [9.17, 15) is 14.9 Å². The van der Waals surface area contributed by atoms with Crippen LogP contribution in [0, 0.1) is 10.1 Å². The maximum atomic E-state index is 12.0. The number of hydrogen-bond donors (Lipinski definition) is 1. The quantitative estimate of drug-likeness (QED) is 0.475. The number of nitrogens with one attached hydrogen (secondary N) is 1. The van der Waals surface area contributed by atoms with Gasteiger partial charge in [0.05, 0.1) is 23.3 Å². The summed E-state index contributed by atoms with van der Waals surface area (Å²) in [6.45, 7) is 0. The third-order valence-corrected chi connectivity index (χ3v) is 3.30. The first-order chi connectivity index (χ1) is 11.9. The summed E-state index contributed by atoms with van der Waals surface area (Å²) in [7, 11) is 6.21. The summed E-state index contributed by atoms with van der Waals surface area (Å²) in [5.41, 5.74) is 3.15. The van der Waals surface area contributed by atoms with Crippen molar-refractivity contribution < 1.29 is 14.5 Å². The van der Waals surface area contributed by atoms with E-state index < -0.39 is 10.9 Å². The van der Waals surface area contributed by atoms with Crippen LogP contribution < -0.4 is 10.3 Å². The van der Waals surface area contributed by atoms with E-state index >= 15 is 0 Å². The van der Waals surface area contributed by atoms with E-state index in [1.807, 2.05) is 0 Å². The van der Waals surface area contributed by atoms with Crippen LogP contribution in [-0.2, 0) is 4.74 Å². The summed E-state index contributed by atoms with van der Waals surface area (Å²) in [5, 5.41) is 13.1. The zero-order valence-electron chi connectivity index (χ0n) is 14.3. The molecule has 2 rings (SSSR count). The molecule has 0 amide bonds. The number of methoxy groups -OCH3 is 1. The highest BCUT2D eigenvalue weighted by Gasteiger charge is 2.28. The fourth-order valence-corrected chi connectivity index (χ4v) is 2.24. The molecule has 0 bridgehead atoms. The molecule has 10 heteroatoms.